The van der Waals surface area contributed by atoms with Crippen molar-refractivity contribution in [3.8, 4) is 0 Å². The van der Waals surface area contributed by atoms with Gasteiger partial charge in [-0.05, 0) is 25.0 Å². The molecule has 0 saturated carbocycles. The summed E-state index contributed by atoms with van der Waals surface area (Å²) in [5, 5.41) is 5.37. The first-order valence-electron chi connectivity index (χ1n) is 7.31. The van der Waals surface area contributed by atoms with Crippen molar-refractivity contribution >= 4 is 17.8 Å². The van der Waals surface area contributed by atoms with Crippen LogP contribution in [0.5, 0.6) is 0 Å². The fourth-order valence-corrected chi connectivity index (χ4v) is 2.29. The van der Waals surface area contributed by atoms with Crippen LogP contribution in [0.25, 0.3) is 0 Å². The molecule has 1 fully saturated rings. The van der Waals surface area contributed by atoms with E-state index in [1.165, 1.54) is 12.0 Å². The van der Waals surface area contributed by atoms with Crippen LogP contribution in [0.4, 0.5) is 4.79 Å². The highest BCUT2D eigenvalue weighted by atomic mass is 16.5. The standard InChI is InChI=1S/C16H21N3O4/c1-16(2)14(21)19(15(22)18-16)9-12-6-4-11(5-7-12)8-17-13(20)10-23-3/h4-7H,8-10H2,1-3H3,(H,17,20)(H,18,22). The molecule has 7 nitrogen and oxygen atoms in total. The lowest BCUT2D eigenvalue weighted by atomic mass is 10.1. The molecular weight excluding hydrogens is 298 g/mol. The highest BCUT2D eigenvalue weighted by Gasteiger charge is 2.43. The monoisotopic (exact) mass is 319 g/mol. The predicted octanol–water partition coefficient (Wildman–Crippen LogP) is 0.780. The molecule has 1 aromatic rings. The van der Waals surface area contributed by atoms with E-state index in [-0.39, 0.29) is 31.0 Å². The Morgan fingerprint density at radius 3 is 2.35 bits per heavy atom. The third-order valence-electron chi connectivity index (χ3n) is 3.57. The Labute approximate surface area is 135 Å². The van der Waals surface area contributed by atoms with Crippen molar-refractivity contribution in [2.24, 2.45) is 0 Å². The molecule has 0 atom stereocenters. The summed E-state index contributed by atoms with van der Waals surface area (Å²) in [5.41, 5.74) is 0.914. The molecule has 7 heteroatoms. The molecule has 1 aliphatic rings. The molecule has 0 radical (unpaired) electrons. The van der Waals surface area contributed by atoms with E-state index in [4.69, 9.17) is 4.74 Å². The first kappa shape index (κ1) is 17.0. The smallest absolute Gasteiger partial charge is 0.325 e. The first-order valence-corrected chi connectivity index (χ1v) is 7.31. The Morgan fingerprint density at radius 2 is 1.83 bits per heavy atom. The Morgan fingerprint density at radius 1 is 1.22 bits per heavy atom. The highest BCUT2D eigenvalue weighted by molar-refractivity contribution is 6.06. The van der Waals surface area contributed by atoms with Gasteiger partial charge in [0.25, 0.3) is 5.91 Å². The molecule has 1 aliphatic heterocycles. The van der Waals surface area contributed by atoms with E-state index in [0.29, 0.717) is 6.54 Å². The lowest BCUT2D eigenvalue weighted by Gasteiger charge is -2.16. The van der Waals surface area contributed by atoms with Crippen molar-refractivity contribution < 1.29 is 19.1 Å². The first-order chi connectivity index (χ1) is 10.8. The molecule has 124 valence electrons. The van der Waals surface area contributed by atoms with E-state index in [2.05, 4.69) is 10.6 Å². The summed E-state index contributed by atoms with van der Waals surface area (Å²) in [4.78, 5) is 36.5. The maximum Gasteiger partial charge on any atom is 0.325 e. The number of methoxy groups -OCH3 is 1. The molecule has 0 bridgehead atoms. The second-order valence-electron chi connectivity index (χ2n) is 5.97. The quantitative estimate of drug-likeness (QED) is 0.759. The van der Waals surface area contributed by atoms with Gasteiger partial charge in [-0.1, -0.05) is 24.3 Å². The second-order valence-corrected chi connectivity index (χ2v) is 5.97. The van der Waals surface area contributed by atoms with Crippen molar-refractivity contribution in [1.29, 1.82) is 0 Å². The zero-order chi connectivity index (χ0) is 17.0. The van der Waals surface area contributed by atoms with Crippen LogP contribution >= 0.6 is 0 Å². The van der Waals surface area contributed by atoms with Gasteiger partial charge in [0.1, 0.15) is 12.1 Å². The van der Waals surface area contributed by atoms with Crippen LogP contribution in [-0.4, -0.2) is 42.0 Å². The Balaban J connectivity index is 1.94. The average Bonchev–Trinajstić information content (AvgIpc) is 2.69. The van der Waals surface area contributed by atoms with Crippen LogP contribution in [0.2, 0.25) is 0 Å². The number of imide groups is 1. The molecule has 4 amide bonds. The van der Waals surface area contributed by atoms with E-state index in [1.807, 2.05) is 24.3 Å². The number of carbonyl (C=O) groups excluding carboxylic acids is 3. The van der Waals surface area contributed by atoms with Crippen LogP contribution in [0.15, 0.2) is 24.3 Å². The van der Waals surface area contributed by atoms with Gasteiger partial charge >= 0.3 is 6.03 Å². The van der Waals surface area contributed by atoms with Crippen molar-refractivity contribution in [1.82, 2.24) is 15.5 Å². The molecule has 1 saturated heterocycles. The van der Waals surface area contributed by atoms with Crippen LogP contribution in [-0.2, 0) is 27.4 Å². The van der Waals surface area contributed by atoms with Crippen LogP contribution in [0.1, 0.15) is 25.0 Å². The van der Waals surface area contributed by atoms with Gasteiger partial charge in [-0.15, -0.1) is 0 Å². The predicted molar refractivity (Wildman–Crippen MR) is 83.3 cm³/mol. The van der Waals surface area contributed by atoms with Crippen LogP contribution < -0.4 is 10.6 Å². The highest BCUT2D eigenvalue weighted by Crippen LogP contribution is 2.19. The Hall–Kier alpha value is -2.41. The molecule has 0 aromatic heterocycles. The lowest BCUT2D eigenvalue weighted by molar-refractivity contribution is -0.130. The molecular formula is C16H21N3O4. The molecule has 2 rings (SSSR count). The summed E-state index contributed by atoms with van der Waals surface area (Å²) >= 11 is 0. The number of hydrogen-bond acceptors (Lipinski definition) is 4. The third-order valence-corrected chi connectivity index (χ3v) is 3.57. The number of nitrogens with zero attached hydrogens (tertiary/aromatic N) is 1. The fraction of sp³-hybridized carbons (Fsp3) is 0.438. The molecule has 0 aliphatic carbocycles. The molecule has 1 aromatic carbocycles. The number of nitrogens with one attached hydrogen (secondary N) is 2. The van der Waals surface area contributed by atoms with Crippen molar-refractivity contribution in [2.45, 2.75) is 32.5 Å². The number of carbonyl (C=O) groups is 3. The van der Waals surface area contributed by atoms with Crippen molar-refractivity contribution in [2.75, 3.05) is 13.7 Å². The topological polar surface area (TPSA) is 87.7 Å². The maximum atomic E-state index is 12.1. The summed E-state index contributed by atoms with van der Waals surface area (Å²) in [5.74, 6) is -0.420. The Kier molecular flexibility index (Phi) is 5.00. The van der Waals surface area contributed by atoms with Gasteiger partial charge in [-0.3, -0.25) is 14.5 Å². The Bertz CT molecular complexity index is 610. The van der Waals surface area contributed by atoms with Crippen LogP contribution in [0.3, 0.4) is 0 Å². The summed E-state index contributed by atoms with van der Waals surface area (Å²) in [6.45, 7) is 4.02. The van der Waals surface area contributed by atoms with Crippen LogP contribution in [0, 0.1) is 0 Å². The average molecular weight is 319 g/mol. The van der Waals surface area contributed by atoms with Gasteiger partial charge < -0.3 is 15.4 Å². The minimum atomic E-state index is -0.858. The number of ether oxygens (including phenoxy) is 1. The molecule has 2 N–H and O–H groups in total. The number of urea groups is 1. The second kappa shape index (κ2) is 6.78. The minimum absolute atomic E-state index is 0.0278. The van der Waals surface area contributed by atoms with Gasteiger partial charge in [-0.25, -0.2) is 4.79 Å². The maximum absolute atomic E-state index is 12.1. The number of rotatable bonds is 6. The normalized spacial score (nSPS) is 16.4. The van der Waals surface area contributed by atoms with E-state index in [9.17, 15) is 14.4 Å². The van der Waals surface area contributed by atoms with E-state index in [0.717, 1.165) is 11.1 Å². The SMILES string of the molecule is COCC(=O)NCc1ccc(CN2C(=O)NC(C)(C)C2=O)cc1. The van der Waals surface area contributed by atoms with Gasteiger partial charge in [0.15, 0.2) is 0 Å². The summed E-state index contributed by atoms with van der Waals surface area (Å²) in [6.07, 6.45) is 0. The van der Waals surface area contributed by atoms with E-state index >= 15 is 0 Å². The molecule has 0 spiro atoms. The lowest BCUT2D eigenvalue weighted by Crippen LogP contribution is -2.40. The number of hydrogen-bond donors (Lipinski definition) is 2. The van der Waals surface area contributed by atoms with E-state index < -0.39 is 5.54 Å². The zero-order valence-corrected chi connectivity index (χ0v) is 13.5. The summed E-state index contributed by atoms with van der Waals surface area (Å²) in [6, 6.07) is 7.00. The van der Waals surface area contributed by atoms with E-state index in [1.54, 1.807) is 13.8 Å². The third kappa shape index (κ3) is 4.07. The number of amides is 4. The molecule has 23 heavy (non-hydrogen) atoms. The number of benzene rings is 1. The molecule has 0 unspecified atom stereocenters. The van der Waals surface area contributed by atoms with Gasteiger partial charge in [0, 0.05) is 13.7 Å². The van der Waals surface area contributed by atoms with Gasteiger partial charge in [0.2, 0.25) is 5.91 Å². The zero-order valence-electron chi connectivity index (χ0n) is 13.5. The van der Waals surface area contributed by atoms with Crippen molar-refractivity contribution in [3.63, 3.8) is 0 Å². The largest absolute Gasteiger partial charge is 0.375 e. The summed E-state index contributed by atoms with van der Waals surface area (Å²) < 4.78 is 4.74. The summed E-state index contributed by atoms with van der Waals surface area (Å²) in [7, 11) is 1.46. The minimum Gasteiger partial charge on any atom is -0.375 e. The van der Waals surface area contributed by atoms with Gasteiger partial charge in [0.05, 0.1) is 6.54 Å². The fourth-order valence-electron chi connectivity index (χ4n) is 2.29. The van der Waals surface area contributed by atoms with Crippen molar-refractivity contribution in [3.05, 3.63) is 35.4 Å². The molecule has 1 heterocycles. The van der Waals surface area contributed by atoms with Gasteiger partial charge in [-0.2, -0.15) is 0 Å².